The summed E-state index contributed by atoms with van der Waals surface area (Å²) in [4.78, 5) is 60.2. The zero-order valence-corrected chi connectivity index (χ0v) is 20.3. The Morgan fingerprint density at radius 1 is 0.886 bits per heavy atom. The van der Waals surface area contributed by atoms with Crippen molar-refractivity contribution in [2.24, 2.45) is 0 Å². The van der Waals surface area contributed by atoms with Gasteiger partial charge in [0.2, 0.25) is 36.0 Å². The third-order valence-corrected chi connectivity index (χ3v) is 4.78. The Labute approximate surface area is 204 Å². The van der Waals surface area contributed by atoms with Gasteiger partial charge in [-0.15, -0.1) is 0 Å². The van der Waals surface area contributed by atoms with Gasteiger partial charge >= 0.3 is 0 Å². The summed E-state index contributed by atoms with van der Waals surface area (Å²) in [5.41, 5.74) is 0.269. The Bertz CT molecular complexity index is 862. The first-order valence-corrected chi connectivity index (χ1v) is 11.5. The van der Waals surface area contributed by atoms with Gasteiger partial charge in [-0.25, -0.2) is 0 Å². The maximum absolute atomic E-state index is 12.5. The topological polar surface area (TPSA) is 182 Å². The van der Waals surface area contributed by atoms with E-state index in [2.05, 4.69) is 31.9 Å². The van der Waals surface area contributed by atoms with Crippen LogP contribution in [0.5, 0.6) is 0 Å². The van der Waals surface area contributed by atoms with Crippen molar-refractivity contribution in [1.82, 2.24) is 31.9 Å². The van der Waals surface area contributed by atoms with E-state index in [-0.39, 0.29) is 42.9 Å². The van der Waals surface area contributed by atoms with Crippen LogP contribution in [0.15, 0.2) is 24.5 Å². The van der Waals surface area contributed by atoms with Gasteiger partial charge in [0.1, 0.15) is 6.04 Å². The van der Waals surface area contributed by atoms with Crippen molar-refractivity contribution in [3.63, 3.8) is 0 Å². The minimum Gasteiger partial charge on any atom is -0.355 e. The highest BCUT2D eigenvalue weighted by molar-refractivity contribution is 5.97. The maximum atomic E-state index is 12.5. The predicted molar refractivity (Wildman–Crippen MR) is 125 cm³/mol. The lowest BCUT2D eigenvalue weighted by atomic mass is 10.1. The van der Waals surface area contributed by atoms with Crippen LogP contribution in [0.3, 0.4) is 0 Å². The number of amides is 5. The average Bonchev–Trinajstić information content (AvgIpc) is 2.83. The van der Waals surface area contributed by atoms with Gasteiger partial charge in [-0.1, -0.05) is 13.3 Å². The summed E-state index contributed by atoms with van der Waals surface area (Å²) in [6.07, 6.45) is 3.62. The quantitative estimate of drug-likeness (QED) is 0.0804. The number of rotatable bonds is 15. The molecule has 0 bridgehead atoms. The molecule has 35 heavy (non-hydrogen) atoms. The number of nitrogens with one attached hydrogen (secondary N) is 6. The number of nitrogens with zero attached hydrogens (tertiary/aromatic N) is 1. The Hall–Kier alpha value is -3.74. The summed E-state index contributed by atoms with van der Waals surface area (Å²) in [6.45, 7) is 5.88. The fourth-order valence-corrected chi connectivity index (χ4v) is 2.91. The fraction of sp³-hybridized carbons (Fsp3) is 0.545. The van der Waals surface area contributed by atoms with Crippen molar-refractivity contribution in [3.8, 4) is 0 Å². The van der Waals surface area contributed by atoms with E-state index in [1.807, 2.05) is 6.92 Å². The van der Waals surface area contributed by atoms with Crippen LogP contribution in [-0.2, 0) is 19.2 Å². The molecule has 0 fully saturated rings. The van der Waals surface area contributed by atoms with Crippen LogP contribution in [0.2, 0.25) is 0 Å². The number of aromatic nitrogens is 1. The largest absolute Gasteiger partial charge is 0.355 e. The van der Waals surface area contributed by atoms with Gasteiger partial charge in [0.25, 0.3) is 5.91 Å². The first kappa shape index (κ1) is 29.3. The van der Waals surface area contributed by atoms with Crippen LogP contribution >= 0.6 is 0 Å². The smallest absolute Gasteiger partial charge is 0.252 e. The van der Waals surface area contributed by atoms with E-state index in [1.165, 1.54) is 24.5 Å². The SMILES string of the molecule is CCCC(NC(=O)CNC(=O)c1cc[n+](O)cc1)C(=O)NCCNC(C)C(=O)NCC(=O)NCC. The molecule has 0 saturated heterocycles. The van der Waals surface area contributed by atoms with Gasteiger partial charge in [0, 0.05) is 36.5 Å². The number of hydrogen-bond acceptors (Lipinski definition) is 7. The molecule has 1 aromatic rings. The number of hydrogen-bond donors (Lipinski definition) is 7. The molecule has 1 aromatic heterocycles. The molecule has 2 unspecified atom stereocenters. The third-order valence-electron chi connectivity index (χ3n) is 4.78. The lowest BCUT2D eigenvalue weighted by Gasteiger charge is -2.19. The molecule has 0 spiro atoms. The predicted octanol–water partition coefficient (Wildman–Crippen LogP) is -2.43. The summed E-state index contributed by atoms with van der Waals surface area (Å²) in [6, 6.07) is 1.44. The van der Waals surface area contributed by atoms with E-state index in [1.54, 1.807) is 13.8 Å². The lowest BCUT2D eigenvalue weighted by Crippen LogP contribution is -2.51. The molecule has 0 aromatic carbocycles. The molecular weight excluding hydrogens is 458 g/mol. The van der Waals surface area contributed by atoms with Crippen molar-refractivity contribution in [2.45, 2.75) is 45.7 Å². The van der Waals surface area contributed by atoms with Crippen LogP contribution in [-0.4, -0.2) is 79.6 Å². The zero-order valence-electron chi connectivity index (χ0n) is 20.3. The molecule has 13 nitrogen and oxygen atoms in total. The fourth-order valence-electron chi connectivity index (χ4n) is 2.91. The molecule has 5 amide bonds. The first-order valence-electron chi connectivity index (χ1n) is 11.5. The number of pyridine rings is 1. The number of carbonyl (C=O) groups excluding carboxylic acids is 5. The molecule has 194 valence electrons. The molecule has 13 heteroatoms. The standard InChI is InChI=1S/C22H35N7O6/c1-4-6-17(28-19(31)14-27-21(33)16-7-11-29(35)12-8-16)22(34)25-10-9-24-15(3)20(32)26-13-18(30)23-5-2/h7-8,11-12,15,17,24H,4-6,9-10,13-14H2,1-3H3,(H5-,23,25,26,27,28,30,31,32,33,34,35)/p+1. The van der Waals surface area contributed by atoms with Crippen LogP contribution < -0.4 is 36.6 Å². The van der Waals surface area contributed by atoms with Crippen LogP contribution in [0.1, 0.15) is 44.0 Å². The van der Waals surface area contributed by atoms with Crippen molar-refractivity contribution in [3.05, 3.63) is 30.1 Å². The Kier molecular flexibility index (Phi) is 13.4. The second-order valence-electron chi connectivity index (χ2n) is 7.70. The summed E-state index contributed by atoms with van der Waals surface area (Å²) >= 11 is 0. The molecule has 1 heterocycles. The van der Waals surface area contributed by atoms with E-state index < -0.39 is 23.9 Å². The van der Waals surface area contributed by atoms with Crippen LogP contribution in [0.25, 0.3) is 0 Å². The molecule has 0 saturated carbocycles. The van der Waals surface area contributed by atoms with Gasteiger partial charge in [-0.2, -0.15) is 0 Å². The molecule has 7 N–H and O–H groups in total. The van der Waals surface area contributed by atoms with Crippen molar-refractivity contribution >= 4 is 29.5 Å². The van der Waals surface area contributed by atoms with Gasteiger partial charge in [-0.3, -0.25) is 29.2 Å². The summed E-state index contributed by atoms with van der Waals surface area (Å²) in [5, 5.41) is 25.0. The van der Waals surface area contributed by atoms with Gasteiger partial charge in [0.05, 0.1) is 24.7 Å². The Balaban J connectivity index is 2.37. The molecule has 0 aliphatic carbocycles. The van der Waals surface area contributed by atoms with Gasteiger partial charge in [-0.05, 0) is 20.3 Å². The van der Waals surface area contributed by atoms with Crippen molar-refractivity contribution in [1.29, 1.82) is 0 Å². The highest BCUT2D eigenvalue weighted by Crippen LogP contribution is 1.98. The summed E-state index contributed by atoms with van der Waals surface area (Å²) in [7, 11) is 0. The highest BCUT2D eigenvalue weighted by Gasteiger charge is 2.20. The van der Waals surface area contributed by atoms with Gasteiger partial charge < -0.3 is 31.9 Å². The van der Waals surface area contributed by atoms with Crippen LogP contribution in [0.4, 0.5) is 0 Å². The van der Waals surface area contributed by atoms with Crippen molar-refractivity contribution < 1.29 is 33.9 Å². The zero-order chi connectivity index (χ0) is 26.2. The third kappa shape index (κ3) is 11.8. The lowest BCUT2D eigenvalue weighted by molar-refractivity contribution is -0.904. The van der Waals surface area contributed by atoms with E-state index in [0.717, 1.165) is 4.73 Å². The molecule has 0 aliphatic heterocycles. The molecule has 1 rings (SSSR count). The summed E-state index contributed by atoms with van der Waals surface area (Å²) in [5.74, 6) is -2.00. The van der Waals surface area contributed by atoms with E-state index in [4.69, 9.17) is 0 Å². The second kappa shape index (κ2) is 16.0. The second-order valence-corrected chi connectivity index (χ2v) is 7.70. The Morgan fingerprint density at radius 2 is 1.54 bits per heavy atom. The first-order chi connectivity index (χ1) is 16.7. The van der Waals surface area contributed by atoms with Crippen molar-refractivity contribution in [2.75, 3.05) is 32.7 Å². The van der Waals surface area contributed by atoms with Gasteiger partial charge in [0.15, 0.2) is 0 Å². The Morgan fingerprint density at radius 3 is 2.17 bits per heavy atom. The highest BCUT2D eigenvalue weighted by atomic mass is 16.5. The minimum atomic E-state index is -0.771. The molecule has 0 radical (unpaired) electrons. The molecule has 0 aliphatic rings. The van der Waals surface area contributed by atoms with E-state index >= 15 is 0 Å². The minimum absolute atomic E-state index is 0.109. The summed E-state index contributed by atoms with van der Waals surface area (Å²) < 4.78 is 0.789. The maximum Gasteiger partial charge on any atom is 0.252 e. The van der Waals surface area contributed by atoms with E-state index in [0.29, 0.717) is 25.9 Å². The number of carbonyl (C=O) groups is 5. The molecule has 2 atom stereocenters. The number of likely N-dealkylation sites (N-methyl/N-ethyl adjacent to an activating group) is 1. The monoisotopic (exact) mass is 494 g/mol. The average molecular weight is 495 g/mol. The normalized spacial score (nSPS) is 12.1. The van der Waals surface area contributed by atoms with E-state index in [9.17, 15) is 29.2 Å². The molecular formula is C22H36N7O6+. The van der Waals surface area contributed by atoms with Crippen LogP contribution in [0, 0.1) is 0 Å².